The van der Waals surface area contributed by atoms with Gasteiger partial charge in [0.2, 0.25) is 0 Å². The molecule has 0 N–H and O–H groups in total. The van der Waals surface area contributed by atoms with Crippen LogP contribution in [0, 0.1) is 0 Å². The number of alkyl halides is 1. The van der Waals surface area contributed by atoms with E-state index in [4.69, 9.17) is 0 Å². The summed E-state index contributed by atoms with van der Waals surface area (Å²) in [5.74, 6) is 0. The molecule has 0 bridgehead atoms. The molecule has 0 aromatic rings. The second kappa shape index (κ2) is 3.15. The fourth-order valence-electron chi connectivity index (χ4n) is 1.34. The van der Waals surface area contributed by atoms with Crippen LogP contribution in [0.25, 0.3) is 0 Å². The van der Waals surface area contributed by atoms with Crippen LogP contribution in [0.5, 0.6) is 0 Å². The van der Waals surface area contributed by atoms with Gasteiger partial charge in [0.1, 0.15) is 0 Å². The first-order valence-electron chi connectivity index (χ1n) is 3.78. The lowest BCUT2D eigenvalue weighted by molar-refractivity contribution is 0.108. The smallest absolute Gasteiger partial charge is 0.154 e. The van der Waals surface area contributed by atoms with Crippen molar-refractivity contribution in [2.24, 2.45) is 0 Å². The molecule has 1 saturated heterocycles. The van der Waals surface area contributed by atoms with Gasteiger partial charge in [-0.2, -0.15) is 0 Å². The van der Waals surface area contributed by atoms with Gasteiger partial charge < -0.3 is 0 Å². The highest BCUT2D eigenvalue weighted by atomic mass is 19.1. The summed E-state index contributed by atoms with van der Waals surface area (Å²) < 4.78 is 12.9. The van der Waals surface area contributed by atoms with Crippen molar-refractivity contribution in [2.45, 2.75) is 32.1 Å². The van der Waals surface area contributed by atoms with Gasteiger partial charge in [-0.05, 0) is 19.8 Å². The lowest BCUT2D eigenvalue weighted by Gasteiger charge is -2.22. The molecule has 0 radical (unpaired) electrons. The van der Waals surface area contributed by atoms with Crippen LogP contribution < -0.4 is 0 Å². The Labute approximate surface area is 61.5 Å². The van der Waals surface area contributed by atoms with Crippen LogP contribution in [0.2, 0.25) is 0 Å². The largest absolute Gasteiger partial charge is 0.268 e. The lowest BCUT2D eigenvalue weighted by atomic mass is 10.3. The van der Waals surface area contributed by atoms with Crippen LogP contribution in [0.15, 0.2) is 12.7 Å². The third kappa shape index (κ3) is 1.37. The van der Waals surface area contributed by atoms with Crippen molar-refractivity contribution < 1.29 is 4.39 Å². The van der Waals surface area contributed by atoms with E-state index >= 15 is 0 Å². The predicted octanol–water partition coefficient (Wildman–Crippen LogP) is 1.95. The molecule has 2 heteroatoms. The second-order valence-corrected chi connectivity index (χ2v) is 2.79. The van der Waals surface area contributed by atoms with Gasteiger partial charge >= 0.3 is 0 Å². The molecule has 1 aliphatic rings. The molecule has 1 heterocycles. The fourth-order valence-corrected chi connectivity index (χ4v) is 1.34. The third-order valence-corrected chi connectivity index (χ3v) is 2.08. The topological polar surface area (TPSA) is 3.24 Å². The molecule has 0 aromatic heterocycles. The molecular weight excluding hydrogens is 129 g/mol. The molecule has 0 amide bonds. The molecule has 2 atom stereocenters. The van der Waals surface area contributed by atoms with E-state index in [0.29, 0.717) is 6.42 Å². The molecule has 0 aromatic carbocycles. The first-order valence-corrected chi connectivity index (χ1v) is 3.78. The summed E-state index contributed by atoms with van der Waals surface area (Å²) in [6.45, 7) is 6.49. The molecule has 10 heavy (non-hydrogen) atoms. The summed E-state index contributed by atoms with van der Waals surface area (Å²) in [4.78, 5) is 1.84. The van der Waals surface area contributed by atoms with Crippen LogP contribution in [0.3, 0.4) is 0 Å². The minimum absolute atomic E-state index is 0.192. The number of rotatable bonds is 2. The predicted molar refractivity (Wildman–Crippen MR) is 40.5 cm³/mol. The zero-order valence-corrected chi connectivity index (χ0v) is 6.39. The molecule has 1 fully saturated rings. The minimum Gasteiger partial charge on any atom is -0.268 e. The Morgan fingerprint density at radius 1 is 1.80 bits per heavy atom. The van der Waals surface area contributed by atoms with E-state index in [1.165, 1.54) is 0 Å². The monoisotopic (exact) mass is 143 g/mol. The summed E-state index contributed by atoms with van der Waals surface area (Å²) in [6, 6.07) is 0.192. The van der Waals surface area contributed by atoms with Crippen molar-refractivity contribution in [3.8, 4) is 0 Å². The highest BCUT2D eigenvalue weighted by molar-refractivity contribution is 4.87. The number of hydrogen-bond donors (Lipinski definition) is 0. The first-order chi connectivity index (χ1) is 4.75. The molecule has 1 aliphatic heterocycles. The fraction of sp³-hybridized carbons (Fsp3) is 0.750. The minimum atomic E-state index is -0.729. The van der Waals surface area contributed by atoms with Crippen molar-refractivity contribution >= 4 is 0 Å². The standard InChI is InChI=1S/C8H14FN/c1-3-7(2)10-6-4-5-8(10)9/h3,7-8H,1,4-6H2,2H3. The maximum Gasteiger partial charge on any atom is 0.154 e. The average Bonchev–Trinajstić information content (AvgIpc) is 2.34. The molecule has 58 valence electrons. The summed E-state index contributed by atoms with van der Waals surface area (Å²) in [6.07, 6.45) is 2.74. The van der Waals surface area contributed by atoms with Crippen molar-refractivity contribution in [3.05, 3.63) is 12.7 Å². The van der Waals surface area contributed by atoms with Crippen molar-refractivity contribution in [3.63, 3.8) is 0 Å². The number of halogens is 1. The van der Waals surface area contributed by atoms with Gasteiger partial charge in [-0.15, -0.1) is 6.58 Å². The zero-order chi connectivity index (χ0) is 7.56. The van der Waals surface area contributed by atoms with Gasteiger partial charge in [0.15, 0.2) is 6.30 Å². The van der Waals surface area contributed by atoms with Crippen LogP contribution in [-0.4, -0.2) is 23.8 Å². The summed E-state index contributed by atoms with van der Waals surface area (Å²) >= 11 is 0. The Bertz CT molecular complexity index is 124. The van der Waals surface area contributed by atoms with E-state index < -0.39 is 6.30 Å². The SMILES string of the molecule is C=CC(C)N1CCCC1F. The number of nitrogens with zero attached hydrogens (tertiary/aromatic N) is 1. The van der Waals surface area contributed by atoms with Gasteiger partial charge in [0.25, 0.3) is 0 Å². The first kappa shape index (κ1) is 7.73. The normalized spacial score (nSPS) is 30.4. The van der Waals surface area contributed by atoms with E-state index in [2.05, 4.69) is 6.58 Å². The van der Waals surface area contributed by atoms with Crippen LogP contribution in [0.1, 0.15) is 19.8 Å². The van der Waals surface area contributed by atoms with Gasteiger partial charge in [0.05, 0.1) is 0 Å². The maximum atomic E-state index is 12.9. The average molecular weight is 143 g/mol. The molecule has 0 aliphatic carbocycles. The van der Waals surface area contributed by atoms with Gasteiger partial charge in [-0.3, -0.25) is 4.90 Å². The zero-order valence-electron chi connectivity index (χ0n) is 6.39. The van der Waals surface area contributed by atoms with Crippen molar-refractivity contribution in [2.75, 3.05) is 6.54 Å². The van der Waals surface area contributed by atoms with E-state index in [-0.39, 0.29) is 6.04 Å². The van der Waals surface area contributed by atoms with Gasteiger partial charge in [-0.1, -0.05) is 6.08 Å². The highest BCUT2D eigenvalue weighted by Crippen LogP contribution is 2.20. The molecule has 1 rings (SSSR count). The summed E-state index contributed by atoms with van der Waals surface area (Å²) in [5.41, 5.74) is 0. The van der Waals surface area contributed by atoms with Gasteiger partial charge in [-0.25, -0.2) is 4.39 Å². The van der Waals surface area contributed by atoms with E-state index in [0.717, 1.165) is 13.0 Å². The lowest BCUT2D eigenvalue weighted by Crippen LogP contribution is -2.33. The van der Waals surface area contributed by atoms with E-state index in [9.17, 15) is 4.39 Å². The highest BCUT2D eigenvalue weighted by Gasteiger charge is 2.26. The molecule has 0 spiro atoms. The number of hydrogen-bond acceptors (Lipinski definition) is 1. The van der Waals surface area contributed by atoms with Gasteiger partial charge in [0, 0.05) is 12.6 Å². The van der Waals surface area contributed by atoms with Crippen molar-refractivity contribution in [1.29, 1.82) is 0 Å². The maximum absolute atomic E-state index is 12.9. The van der Waals surface area contributed by atoms with E-state index in [1.54, 1.807) is 6.08 Å². The Kier molecular flexibility index (Phi) is 2.44. The van der Waals surface area contributed by atoms with Crippen molar-refractivity contribution in [1.82, 2.24) is 4.90 Å². The Balaban J connectivity index is 2.46. The second-order valence-electron chi connectivity index (χ2n) is 2.79. The van der Waals surface area contributed by atoms with Crippen LogP contribution >= 0.6 is 0 Å². The summed E-state index contributed by atoms with van der Waals surface area (Å²) in [5, 5.41) is 0. The Morgan fingerprint density at radius 3 is 2.90 bits per heavy atom. The Hall–Kier alpha value is -0.370. The quantitative estimate of drug-likeness (QED) is 0.422. The third-order valence-electron chi connectivity index (χ3n) is 2.08. The Morgan fingerprint density at radius 2 is 2.50 bits per heavy atom. The summed E-state index contributed by atoms with van der Waals surface area (Å²) in [7, 11) is 0. The molecular formula is C8H14FN. The van der Waals surface area contributed by atoms with Crippen LogP contribution in [-0.2, 0) is 0 Å². The molecule has 0 saturated carbocycles. The van der Waals surface area contributed by atoms with Crippen LogP contribution in [0.4, 0.5) is 4.39 Å². The van der Waals surface area contributed by atoms with E-state index in [1.807, 2.05) is 11.8 Å². The molecule has 2 unspecified atom stereocenters. The number of likely N-dealkylation sites (tertiary alicyclic amines) is 1. The molecule has 1 nitrogen and oxygen atoms in total.